The van der Waals surface area contributed by atoms with Crippen LogP contribution in [0.4, 0.5) is 49.0 Å². The first-order valence-electron chi connectivity index (χ1n) is 23.5. The van der Waals surface area contributed by atoms with Crippen molar-refractivity contribution in [2.45, 2.75) is 40.5 Å². The van der Waals surface area contributed by atoms with Gasteiger partial charge in [-0.05, 0) is 124 Å². The van der Waals surface area contributed by atoms with E-state index in [0.717, 1.165) is 18.8 Å². The molecule has 0 aromatic heterocycles. The normalized spacial score (nSPS) is 17.5. The maximum atomic E-state index is 13.7. The van der Waals surface area contributed by atoms with Gasteiger partial charge in [0.1, 0.15) is 5.82 Å². The number of nitrogens with one attached hydrogen (secondary N) is 2. The predicted octanol–water partition coefficient (Wildman–Crippen LogP) is 6.98. The molecular weight excluding hydrogens is 934 g/mol. The van der Waals surface area contributed by atoms with Gasteiger partial charge in [0.25, 0.3) is 11.8 Å². The van der Waals surface area contributed by atoms with Crippen LogP contribution >= 0.6 is 0 Å². The standard InChI is InChI=1S/C29H32FN5O4S.C22H28N4O3S/c1-20-4-11-27(21(2)18-20)33-13-15-34(16-14-33)28(36)25-10-9-24(35-12-3-17-40(35,38)39)19-26(25)32-29(37)31-23-7-5-22(30)6-8-23;1-16-4-7-21(17(2)14-16)24-9-11-25(12-10-24)22(27)19-6-5-18(15-20(19)23)26-8-3-13-30(26,28)29/h4-11,18-19H,3,12-17H2,1-2H3,(H2,31,32,37);4-7,14-15H,3,8-13,23H2,1-2H3. The Labute approximate surface area is 409 Å². The van der Waals surface area contributed by atoms with Crippen LogP contribution in [-0.4, -0.2) is 121 Å². The number of aryl methyl sites for hydroxylation is 4. The Hall–Kier alpha value is -6.86. The van der Waals surface area contributed by atoms with Gasteiger partial charge in [0, 0.05) is 88.2 Å². The molecule has 5 aromatic carbocycles. The van der Waals surface area contributed by atoms with Crippen molar-refractivity contribution in [1.82, 2.24) is 9.80 Å². The van der Waals surface area contributed by atoms with E-state index in [4.69, 9.17) is 5.73 Å². The number of hydrogen-bond donors (Lipinski definition) is 3. The summed E-state index contributed by atoms with van der Waals surface area (Å²) in [5.74, 6) is -0.599. The summed E-state index contributed by atoms with van der Waals surface area (Å²) >= 11 is 0. The molecule has 4 amide bonds. The third-order valence-corrected chi connectivity index (χ3v) is 16.9. The van der Waals surface area contributed by atoms with E-state index in [1.807, 2.05) is 4.90 Å². The summed E-state index contributed by atoms with van der Waals surface area (Å²) in [6, 6.07) is 27.0. The molecule has 4 aliphatic rings. The quantitative estimate of drug-likeness (QED) is 0.137. The van der Waals surface area contributed by atoms with Crippen LogP contribution in [0.3, 0.4) is 0 Å². The summed E-state index contributed by atoms with van der Waals surface area (Å²) in [6.45, 7) is 14.2. The molecule has 4 aliphatic heterocycles. The Bertz CT molecular complexity index is 3010. The van der Waals surface area contributed by atoms with E-state index in [9.17, 15) is 35.6 Å². The van der Waals surface area contributed by atoms with Crippen LogP contribution in [0.5, 0.6) is 0 Å². The van der Waals surface area contributed by atoms with E-state index in [1.54, 1.807) is 35.2 Å². The van der Waals surface area contributed by atoms with Crippen LogP contribution in [0.2, 0.25) is 0 Å². The lowest BCUT2D eigenvalue weighted by Crippen LogP contribution is -2.49. The molecule has 0 unspecified atom stereocenters. The van der Waals surface area contributed by atoms with E-state index >= 15 is 0 Å². The zero-order valence-corrected chi connectivity index (χ0v) is 41.6. The number of halogens is 1. The van der Waals surface area contributed by atoms with Crippen molar-refractivity contribution in [3.8, 4) is 0 Å². The third kappa shape index (κ3) is 11.1. The van der Waals surface area contributed by atoms with Gasteiger partial charge in [-0.3, -0.25) is 18.2 Å². The van der Waals surface area contributed by atoms with E-state index < -0.39 is 31.9 Å². The van der Waals surface area contributed by atoms with Crippen LogP contribution in [0.1, 0.15) is 55.8 Å². The van der Waals surface area contributed by atoms with Crippen molar-refractivity contribution in [2.24, 2.45) is 0 Å². The highest BCUT2D eigenvalue weighted by Crippen LogP contribution is 2.32. The minimum absolute atomic E-state index is 0.0478. The molecule has 4 N–H and O–H groups in total. The number of carbonyl (C=O) groups excluding carboxylic acids is 3. The number of piperazine rings is 2. The van der Waals surface area contributed by atoms with E-state index in [-0.39, 0.29) is 34.6 Å². The fourth-order valence-corrected chi connectivity index (χ4v) is 12.6. The van der Waals surface area contributed by atoms with Crippen molar-refractivity contribution in [1.29, 1.82) is 0 Å². The van der Waals surface area contributed by atoms with Gasteiger partial charge in [-0.25, -0.2) is 26.0 Å². The fraction of sp³-hybridized carbons (Fsp3) is 0.353. The average molecular weight is 994 g/mol. The largest absolute Gasteiger partial charge is 0.398 e. The molecular formula is C51H60FN9O7S2. The lowest BCUT2D eigenvalue weighted by Gasteiger charge is -2.37. The van der Waals surface area contributed by atoms with E-state index in [0.29, 0.717) is 93.5 Å². The highest BCUT2D eigenvalue weighted by atomic mass is 32.2. The summed E-state index contributed by atoms with van der Waals surface area (Å²) in [6.07, 6.45) is 1.11. The summed E-state index contributed by atoms with van der Waals surface area (Å²) in [7, 11) is -6.73. The Kier molecular flexibility index (Phi) is 14.6. The number of anilines is 7. The molecule has 5 aromatic rings. The first kappa shape index (κ1) is 49.6. The van der Waals surface area contributed by atoms with Crippen molar-refractivity contribution >= 4 is 77.7 Å². The second-order valence-electron chi connectivity index (χ2n) is 18.2. The van der Waals surface area contributed by atoms with Crippen molar-refractivity contribution in [3.05, 3.63) is 136 Å². The third-order valence-electron chi connectivity index (χ3n) is 13.1. The van der Waals surface area contributed by atoms with Gasteiger partial charge in [-0.1, -0.05) is 35.4 Å². The van der Waals surface area contributed by atoms with Crippen molar-refractivity contribution in [3.63, 3.8) is 0 Å². The number of sulfonamides is 2. The molecule has 0 radical (unpaired) electrons. The SMILES string of the molecule is Cc1ccc(N2CCN(C(=O)c3ccc(N4CCCS4(=O)=O)cc3N)CC2)c(C)c1.Cc1ccc(N2CCN(C(=O)c3ccc(N4CCCS4(=O)=O)cc3NC(=O)Nc3ccc(F)cc3)CC2)c(C)c1. The molecule has 0 aliphatic carbocycles. The first-order chi connectivity index (χ1) is 33.4. The second kappa shape index (κ2) is 20.6. The number of nitrogen functional groups attached to an aromatic ring is 1. The van der Waals surface area contributed by atoms with Crippen molar-refractivity contribution < 1.29 is 35.6 Å². The zero-order valence-electron chi connectivity index (χ0n) is 39.9. The number of amides is 4. The fourth-order valence-electron chi connectivity index (χ4n) is 9.52. The van der Waals surface area contributed by atoms with Crippen LogP contribution in [0, 0.1) is 33.5 Å². The molecule has 4 heterocycles. The number of carbonyl (C=O) groups is 3. The molecule has 9 rings (SSSR count). The topological polar surface area (TPSA) is 189 Å². The number of urea groups is 1. The van der Waals surface area contributed by atoms with Gasteiger partial charge in [0.15, 0.2) is 0 Å². The van der Waals surface area contributed by atoms with Gasteiger partial charge in [0.05, 0.1) is 39.7 Å². The Morgan fingerprint density at radius 3 is 1.43 bits per heavy atom. The van der Waals surface area contributed by atoms with Crippen LogP contribution in [-0.2, 0) is 20.0 Å². The first-order valence-corrected chi connectivity index (χ1v) is 26.7. The zero-order chi connectivity index (χ0) is 49.9. The smallest absolute Gasteiger partial charge is 0.323 e. The number of nitrogens with two attached hydrogens (primary N) is 1. The summed E-state index contributed by atoms with van der Waals surface area (Å²) < 4.78 is 65.3. The maximum Gasteiger partial charge on any atom is 0.323 e. The number of nitrogens with zero attached hydrogens (tertiary/aromatic N) is 6. The Morgan fingerprint density at radius 1 is 0.529 bits per heavy atom. The number of hydrogen-bond acceptors (Lipinski definition) is 10. The molecule has 0 spiro atoms. The minimum Gasteiger partial charge on any atom is -0.398 e. The van der Waals surface area contributed by atoms with Crippen LogP contribution in [0.25, 0.3) is 0 Å². The molecule has 0 bridgehead atoms. The molecule has 370 valence electrons. The predicted molar refractivity (Wildman–Crippen MR) is 276 cm³/mol. The number of benzene rings is 5. The lowest BCUT2D eigenvalue weighted by atomic mass is 10.1. The molecule has 0 saturated carbocycles. The monoisotopic (exact) mass is 993 g/mol. The average Bonchev–Trinajstić information content (AvgIpc) is 3.88. The molecule has 16 nitrogen and oxygen atoms in total. The maximum absolute atomic E-state index is 13.7. The van der Waals surface area contributed by atoms with Gasteiger partial charge >= 0.3 is 6.03 Å². The highest BCUT2D eigenvalue weighted by Gasteiger charge is 2.32. The molecule has 4 fully saturated rings. The Morgan fingerprint density at radius 2 is 0.986 bits per heavy atom. The van der Waals surface area contributed by atoms with E-state index in [1.165, 1.54) is 66.9 Å². The summed E-state index contributed by atoms with van der Waals surface area (Å²) in [4.78, 5) is 47.7. The van der Waals surface area contributed by atoms with Crippen LogP contribution in [0.15, 0.2) is 97.1 Å². The summed E-state index contributed by atoms with van der Waals surface area (Å²) in [5.41, 5.74) is 15.9. The highest BCUT2D eigenvalue weighted by molar-refractivity contribution is 7.93. The lowest BCUT2D eigenvalue weighted by molar-refractivity contribution is 0.0740. The Balaban J connectivity index is 0.000000196. The van der Waals surface area contributed by atoms with E-state index in [2.05, 4.69) is 84.5 Å². The van der Waals surface area contributed by atoms with Gasteiger partial charge in [-0.15, -0.1) is 0 Å². The molecule has 0 atom stereocenters. The van der Waals surface area contributed by atoms with Crippen molar-refractivity contribution in [2.75, 3.05) is 112 Å². The van der Waals surface area contributed by atoms with Gasteiger partial charge in [-0.2, -0.15) is 0 Å². The number of rotatable bonds is 8. The summed E-state index contributed by atoms with van der Waals surface area (Å²) in [5, 5.41) is 5.33. The molecule has 19 heteroatoms. The minimum atomic E-state index is -3.46. The van der Waals surface area contributed by atoms with Crippen LogP contribution < -0.4 is 34.8 Å². The molecule has 70 heavy (non-hydrogen) atoms. The van der Waals surface area contributed by atoms with Gasteiger partial charge in [0.2, 0.25) is 20.0 Å². The van der Waals surface area contributed by atoms with Gasteiger partial charge < -0.3 is 36.0 Å². The second-order valence-corrected chi connectivity index (χ2v) is 22.2. The molecule has 4 saturated heterocycles.